The van der Waals surface area contributed by atoms with Gasteiger partial charge in [-0.15, -0.1) is 0 Å². The molecule has 4 heteroatoms. The van der Waals surface area contributed by atoms with Crippen LogP contribution in [0.1, 0.15) is 31.2 Å². The Morgan fingerprint density at radius 3 is 2.48 bits per heavy atom. The van der Waals surface area contributed by atoms with Crippen molar-refractivity contribution in [1.29, 1.82) is 5.26 Å². The molecule has 0 bridgehead atoms. The number of rotatable bonds is 3. The van der Waals surface area contributed by atoms with Crippen LogP contribution in [0.3, 0.4) is 0 Å². The van der Waals surface area contributed by atoms with E-state index >= 15 is 0 Å². The second-order valence-corrected chi connectivity index (χ2v) is 7.00. The smallest absolute Gasteiger partial charge is 0.119 e. The van der Waals surface area contributed by atoms with Crippen LogP contribution in [0.4, 0.5) is 0 Å². The molecular formula is C19H27N3O. The summed E-state index contributed by atoms with van der Waals surface area (Å²) >= 11 is 0. The Kier molecular flexibility index (Phi) is 4.89. The molecule has 1 saturated carbocycles. The Bertz CT molecular complexity index is 564. The van der Waals surface area contributed by atoms with Crippen LogP contribution in [-0.2, 0) is 5.41 Å². The summed E-state index contributed by atoms with van der Waals surface area (Å²) in [4.78, 5) is 5.03. The molecule has 1 aliphatic carbocycles. The highest BCUT2D eigenvalue weighted by molar-refractivity contribution is 5.38. The second-order valence-electron chi connectivity index (χ2n) is 7.00. The summed E-state index contributed by atoms with van der Waals surface area (Å²) < 4.78 is 5.34. The summed E-state index contributed by atoms with van der Waals surface area (Å²) in [7, 11) is 3.88. The zero-order valence-corrected chi connectivity index (χ0v) is 14.3. The molecule has 0 N–H and O–H groups in total. The largest absolute Gasteiger partial charge is 0.497 e. The third-order valence-electron chi connectivity index (χ3n) is 5.70. The number of hydrogen-bond donors (Lipinski definition) is 0. The van der Waals surface area contributed by atoms with E-state index in [1.165, 1.54) is 13.1 Å². The third-order valence-corrected chi connectivity index (χ3v) is 5.70. The van der Waals surface area contributed by atoms with Gasteiger partial charge in [0.2, 0.25) is 0 Å². The zero-order valence-electron chi connectivity index (χ0n) is 14.3. The summed E-state index contributed by atoms with van der Waals surface area (Å²) in [6.45, 7) is 4.66. The van der Waals surface area contributed by atoms with Gasteiger partial charge in [0.1, 0.15) is 5.75 Å². The number of likely N-dealkylation sites (N-methyl/N-ethyl adjacent to an activating group) is 1. The Balaban J connectivity index is 1.69. The maximum absolute atomic E-state index is 9.88. The Morgan fingerprint density at radius 2 is 1.87 bits per heavy atom. The topological polar surface area (TPSA) is 39.5 Å². The average Bonchev–Trinajstić information content (AvgIpc) is 2.62. The van der Waals surface area contributed by atoms with Crippen molar-refractivity contribution >= 4 is 0 Å². The van der Waals surface area contributed by atoms with Gasteiger partial charge in [-0.3, -0.25) is 4.90 Å². The van der Waals surface area contributed by atoms with Gasteiger partial charge in [0, 0.05) is 32.2 Å². The van der Waals surface area contributed by atoms with Crippen LogP contribution in [0.5, 0.6) is 5.75 Å². The fourth-order valence-electron chi connectivity index (χ4n) is 4.03. The van der Waals surface area contributed by atoms with Crippen molar-refractivity contribution in [2.24, 2.45) is 0 Å². The Hall–Kier alpha value is -1.57. The highest BCUT2D eigenvalue weighted by atomic mass is 16.5. The van der Waals surface area contributed by atoms with Gasteiger partial charge in [0.15, 0.2) is 0 Å². The van der Waals surface area contributed by atoms with Crippen LogP contribution < -0.4 is 4.74 Å². The van der Waals surface area contributed by atoms with Gasteiger partial charge in [-0.2, -0.15) is 5.26 Å². The normalized spacial score (nSPS) is 29.9. The highest BCUT2D eigenvalue weighted by Crippen LogP contribution is 2.41. The standard InChI is InChI=1S/C19H27N3O/c1-21-10-12-22(13-11-21)17-6-8-19(15-20,9-7-17)16-4-3-5-18(14-16)23-2/h3-5,14,17H,6-13H2,1-2H3/t17-,19-. The number of ether oxygens (including phenoxy) is 1. The molecule has 2 fully saturated rings. The van der Waals surface area contributed by atoms with E-state index < -0.39 is 0 Å². The van der Waals surface area contributed by atoms with Crippen molar-refractivity contribution in [3.63, 3.8) is 0 Å². The van der Waals surface area contributed by atoms with Crippen LogP contribution in [0.2, 0.25) is 0 Å². The van der Waals surface area contributed by atoms with E-state index in [0.717, 1.165) is 50.1 Å². The summed E-state index contributed by atoms with van der Waals surface area (Å²) in [5.74, 6) is 0.846. The molecule has 0 spiro atoms. The number of piperazine rings is 1. The molecule has 0 amide bonds. The molecule has 1 heterocycles. The van der Waals surface area contributed by atoms with E-state index in [1.807, 2.05) is 18.2 Å². The average molecular weight is 313 g/mol. The SMILES string of the molecule is COc1cccc([C@]2(C#N)CC[C@@H](N3CCN(C)CC3)CC2)c1. The molecule has 2 aliphatic rings. The maximum atomic E-state index is 9.88. The van der Waals surface area contributed by atoms with Crippen LogP contribution >= 0.6 is 0 Å². The minimum Gasteiger partial charge on any atom is -0.497 e. The van der Waals surface area contributed by atoms with E-state index in [0.29, 0.717) is 6.04 Å². The zero-order chi connectivity index (χ0) is 16.3. The lowest BCUT2D eigenvalue weighted by atomic mass is 9.69. The quantitative estimate of drug-likeness (QED) is 0.860. The first kappa shape index (κ1) is 16.3. The molecule has 124 valence electrons. The van der Waals surface area contributed by atoms with E-state index in [1.54, 1.807) is 7.11 Å². The first-order valence-corrected chi connectivity index (χ1v) is 8.65. The van der Waals surface area contributed by atoms with E-state index in [4.69, 9.17) is 4.74 Å². The summed E-state index contributed by atoms with van der Waals surface area (Å²) in [5, 5.41) is 9.88. The van der Waals surface area contributed by atoms with E-state index in [2.05, 4.69) is 29.0 Å². The molecule has 1 aromatic rings. The van der Waals surface area contributed by atoms with Crippen molar-refractivity contribution < 1.29 is 4.74 Å². The highest BCUT2D eigenvalue weighted by Gasteiger charge is 2.39. The van der Waals surface area contributed by atoms with Gasteiger partial charge in [-0.1, -0.05) is 12.1 Å². The van der Waals surface area contributed by atoms with Crippen molar-refractivity contribution in [3.05, 3.63) is 29.8 Å². The van der Waals surface area contributed by atoms with Crippen LogP contribution in [0.25, 0.3) is 0 Å². The first-order valence-electron chi connectivity index (χ1n) is 8.65. The van der Waals surface area contributed by atoms with Crippen molar-refractivity contribution in [2.45, 2.75) is 37.1 Å². The molecular weight excluding hydrogens is 286 g/mol. The molecule has 3 rings (SSSR count). The first-order chi connectivity index (χ1) is 11.2. The molecule has 4 nitrogen and oxygen atoms in total. The minimum atomic E-state index is -0.336. The molecule has 0 radical (unpaired) electrons. The number of methoxy groups -OCH3 is 1. The number of nitrogens with zero attached hydrogens (tertiary/aromatic N) is 3. The van der Waals surface area contributed by atoms with Crippen LogP contribution in [-0.4, -0.2) is 56.2 Å². The van der Waals surface area contributed by atoms with E-state index in [9.17, 15) is 5.26 Å². The Labute approximate surface area is 139 Å². The fraction of sp³-hybridized carbons (Fsp3) is 0.632. The Morgan fingerprint density at radius 1 is 1.17 bits per heavy atom. The lowest BCUT2D eigenvalue weighted by Crippen LogP contribution is -2.51. The lowest BCUT2D eigenvalue weighted by Gasteiger charge is -2.43. The van der Waals surface area contributed by atoms with Gasteiger partial charge in [0.25, 0.3) is 0 Å². The monoisotopic (exact) mass is 313 g/mol. The van der Waals surface area contributed by atoms with Crippen molar-refractivity contribution in [1.82, 2.24) is 9.80 Å². The summed E-state index contributed by atoms with van der Waals surface area (Å²) in [6, 6.07) is 11.4. The molecule has 23 heavy (non-hydrogen) atoms. The van der Waals surface area contributed by atoms with Crippen molar-refractivity contribution in [3.8, 4) is 11.8 Å². The predicted molar refractivity (Wildman–Crippen MR) is 91.6 cm³/mol. The van der Waals surface area contributed by atoms with Gasteiger partial charge in [0.05, 0.1) is 18.6 Å². The molecule has 0 unspecified atom stereocenters. The number of hydrogen-bond acceptors (Lipinski definition) is 4. The predicted octanol–water partition coefficient (Wildman–Crippen LogP) is 2.65. The number of nitriles is 1. The second kappa shape index (κ2) is 6.90. The molecule has 1 aliphatic heterocycles. The number of benzene rings is 1. The van der Waals surface area contributed by atoms with Gasteiger partial charge < -0.3 is 9.64 Å². The third kappa shape index (κ3) is 3.36. The van der Waals surface area contributed by atoms with Gasteiger partial charge >= 0.3 is 0 Å². The van der Waals surface area contributed by atoms with Crippen LogP contribution in [0, 0.1) is 11.3 Å². The van der Waals surface area contributed by atoms with Crippen molar-refractivity contribution in [2.75, 3.05) is 40.3 Å². The van der Waals surface area contributed by atoms with E-state index in [-0.39, 0.29) is 5.41 Å². The minimum absolute atomic E-state index is 0.336. The summed E-state index contributed by atoms with van der Waals surface area (Å²) in [6.07, 6.45) is 4.14. The molecule has 0 atom stereocenters. The fourth-order valence-corrected chi connectivity index (χ4v) is 4.03. The molecule has 1 aromatic carbocycles. The van der Waals surface area contributed by atoms with Crippen LogP contribution in [0.15, 0.2) is 24.3 Å². The van der Waals surface area contributed by atoms with Gasteiger partial charge in [-0.05, 0) is 50.4 Å². The lowest BCUT2D eigenvalue weighted by molar-refractivity contribution is 0.0817. The maximum Gasteiger partial charge on any atom is 0.119 e. The summed E-state index contributed by atoms with van der Waals surface area (Å²) in [5.41, 5.74) is 0.786. The molecule has 0 aromatic heterocycles. The molecule has 1 saturated heterocycles. The van der Waals surface area contributed by atoms with Gasteiger partial charge in [-0.25, -0.2) is 0 Å².